The van der Waals surface area contributed by atoms with Crippen molar-refractivity contribution in [3.8, 4) is 0 Å². The van der Waals surface area contributed by atoms with Crippen LogP contribution >= 0.6 is 0 Å². The minimum absolute atomic E-state index is 0.0259. The Bertz CT molecular complexity index is 696. The monoisotopic (exact) mass is 402 g/mol. The number of alkyl halides is 3. The number of esters is 1. The van der Waals surface area contributed by atoms with Crippen LogP contribution in [0.25, 0.3) is 0 Å². The maximum absolute atomic E-state index is 12.6. The van der Waals surface area contributed by atoms with Gasteiger partial charge in [-0.2, -0.15) is 13.2 Å². The second kappa shape index (κ2) is 9.43. The van der Waals surface area contributed by atoms with Gasteiger partial charge in [0.25, 0.3) is 0 Å². The van der Waals surface area contributed by atoms with Crippen molar-refractivity contribution in [3.63, 3.8) is 0 Å². The Morgan fingerprint density at radius 1 is 1.18 bits per heavy atom. The van der Waals surface area contributed by atoms with Gasteiger partial charge in [0.05, 0.1) is 25.1 Å². The van der Waals surface area contributed by atoms with Gasteiger partial charge in [-0.3, -0.25) is 9.59 Å². The third-order valence-corrected chi connectivity index (χ3v) is 4.24. The summed E-state index contributed by atoms with van der Waals surface area (Å²) in [6.45, 7) is 1.69. The molecule has 0 aliphatic carbocycles. The van der Waals surface area contributed by atoms with Gasteiger partial charge >= 0.3 is 24.1 Å². The van der Waals surface area contributed by atoms with E-state index in [1.807, 2.05) is 5.32 Å². The van der Waals surface area contributed by atoms with Gasteiger partial charge in [-0.05, 0) is 18.9 Å². The maximum atomic E-state index is 12.6. The van der Waals surface area contributed by atoms with Crippen LogP contribution in [0.1, 0.15) is 25.3 Å². The number of rotatable bonds is 6. The molecule has 0 saturated carbocycles. The summed E-state index contributed by atoms with van der Waals surface area (Å²) in [6, 6.07) is 6.81. The highest BCUT2D eigenvalue weighted by atomic mass is 19.4. The van der Waals surface area contributed by atoms with Crippen molar-refractivity contribution in [3.05, 3.63) is 35.9 Å². The summed E-state index contributed by atoms with van der Waals surface area (Å²) in [4.78, 5) is 36.7. The van der Waals surface area contributed by atoms with Crippen LogP contribution in [-0.2, 0) is 25.7 Å². The van der Waals surface area contributed by atoms with E-state index in [9.17, 15) is 27.6 Å². The normalized spacial score (nSPS) is 19.2. The van der Waals surface area contributed by atoms with Crippen molar-refractivity contribution >= 4 is 18.0 Å². The summed E-state index contributed by atoms with van der Waals surface area (Å²) in [6.07, 6.45) is -6.12. The van der Waals surface area contributed by atoms with Crippen LogP contribution in [0.4, 0.5) is 18.0 Å². The van der Waals surface area contributed by atoms with Crippen molar-refractivity contribution in [1.82, 2.24) is 10.2 Å². The number of carbonyl (C=O) groups excluding carboxylic acids is 3. The van der Waals surface area contributed by atoms with Gasteiger partial charge in [-0.25, -0.2) is 4.79 Å². The van der Waals surface area contributed by atoms with Gasteiger partial charge in [0, 0.05) is 6.54 Å². The lowest BCUT2D eigenvalue weighted by Crippen LogP contribution is -2.51. The summed E-state index contributed by atoms with van der Waals surface area (Å²) in [5, 5.41) is 1.85. The van der Waals surface area contributed by atoms with E-state index in [4.69, 9.17) is 9.47 Å². The number of benzene rings is 1. The summed E-state index contributed by atoms with van der Waals surface area (Å²) in [7, 11) is 0. The Hall–Kier alpha value is -2.78. The number of likely N-dealkylation sites (tertiary alicyclic amines) is 1. The van der Waals surface area contributed by atoms with E-state index in [1.54, 1.807) is 37.3 Å². The van der Waals surface area contributed by atoms with Gasteiger partial charge in [-0.1, -0.05) is 30.3 Å². The first-order chi connectivity index (χ1) is 13.2. The zero-order chi connectivity index (χ0) is 20.7. The molecule has 2 atom stereocenters. The minimum atomic E-state index is -5.06. The number of ether oxygens (including phenoxy) is 2. The van der Waals surface area contributed by atoms with Crippen LogP contribution in [0.2, 0.25) is 0 Å². The fourth-order valence-corrected chi connectivity index (χ4v) is 2.94. The van der Waals surface area contributed by atoms with Crippen LogP contribution in [0.5, 0.6) is 0 Å². The number of nitrogens with one attached hydrogen (secondary N) is 1. The highest BCUT2D eigenvalue weighted by molar-refractivity contribution is 5.82. The zero-order valence-corrected chi connectivity index (χ0v) is 15.2. The minimum Gasteiger partial charge on any atom is -0.466 e. The maximum Gasteiger partial charge on any atom is 0.471 e. The molecule has 1 N–H and O–H groups in total. The van der Waals surface area contributed by atoms with Gasteiger partial charge in [0.2, 0.25) is 0 Å². The largest absolute Gasteiger partial charge is 0.471 e. The van der Waals surface area contributed by atoms with E-state index in [0.717, 1.165) is 10.5 Å². The van der Waals surface area contributed by atoms with Crippen LogP contribution in [-0.4, -0.2) is 54.3 Å². The fourth-order valence-electron chi connectivity index (χ4n) is 2.94. The van der Waals surface area contributed by atoms with Crippen molar-refractivity contribution in [1.29, 1.82) is 0 Å². The Morgan fingerprint density at radius 2 is 1.86 bits per heavy atom. The molecule has 1 aliphatic rings. The predicted octanol–water partition coefficient (Wildman–Crippen LogP) is 2.40. The molecule has 1 saturated heterocycles. The van der Waals surface area contributed by atoms with Gasteiger partial charge in [0.15, 0.2) is 0 Å². The molecule has 1 aromatic carbocycles. The summed E-state index contributed by atoms with van der Waals surface area (Å²) >= 11 is 0. The van der Waals surface area contributed by atoms with Crippen molar-refractivity contribution in [2.24, 2.45) is 0 Å². The molecule has 0 unspecified atom stereocenters. The first-order valence-electron chi connectivity index (χ1n) is 8.73. The van der Waals surface area contributed by atoms with E-state index in [2.05, 4.69) is 0 Å². The molecule has 2 rings (SSSR count). The van der Waals surface area contributed by atoms with E-state index < -0.39 is 36.2 Å². The van der Waals surface area contributed by atoms with Crippen LogP contribution in [0, 0.1) is 0 Å². The van der Waals surface area contributed by atoms with E-state index in [1.165, 1.54) is 0 Å². The molecule has 1 heterocycles. The highest BCUT2D eigenvalue weighted by Crippen LogP contribution is 2.25. The lowest BCUT2D eigenvalue weighted by molar-refractivity contribution is -0.174. The summed E-state index contributed by atoms with van der Waals surface area (Å²) in [5.74, 6) is -2.80. The second-order valence-electron chi connectivity index (χ2n) is 6.18. The van der Waals surface area contributed by atoms with Crippen molar-refractivity contribution in [2.75, 3.05) is 13.2 Å². The molecule has 1 aliphatic heterocycles. The predicted molar refractivity (Wildman–Crippen MR) is 91.0 cm³/mol. The average molecular weight is 402 g/mol. The van der Waals surface area contributed by atoms with E-state index in [-0.39, 0.29) is 32.6 Å². The Morgan fingerprint density at radius 3 is 2.46 bits per heavy atom. The molecule has 154 valence electrons. The topological polar surface area (TPSA) is 84.9 Å². The van der Waals surface area contributed by atoms with Crippen LogP contribution in [0.15, 0.2) is 30.3 Å². The molecule has 1 aromatic rings. The Labute approximate surface area is 159 Å². The Balaban J connectivity index is 2.06. The summed E-state index contributed by atoms with van der Waals surface area (Å²) < 4.78 is 47.7. The number of amides is 2. The molecule has 0 aromatic heterocycles. The second-order valence-corrected chi connectivity index (χ2v) is 6.18. The quantitative estimate of drug-likeness (QED) is 0.739. The molecule has 0 radical (unpaired) electrons. The highest BCUT2D eigenvalue weighted by Gasteiger charge is 2.45. The molecule has 0 bridgehead atoms. The third kappa shape index (κ3) is 5.86. The molecule has 1 fully saturated rings. The standard InChI is InChI=1S/C18H21F3N2O5/c1-2-27-15(24)10-14-13(22-16(25)18(19,20)21)8-9-23(14)17(26)28-11-12-6-4-3-5-7-12/h3-7,13-14H,2,8-11H2,1H3,(H,22,25)/t13-,14+/m0/s1. The SMILES string of the molecule is CCOC(=O)C[C@@H]1[C@@H](NC(=O)C(F)(F)F)CCN1C(=O)OCc1ccccc1. The molecule has 2 amide bonds. The average Bonchev–Trinajstić information content (AvgIpc) is 3.02. The lowest BCUT2D eigenvalue weighted by Gasteiger charge is -2.27. The molecule has 0 spiro atoms. The number of carbonyl (C=O) groups is 3. The van der Waals surface area contributed by atoms with Crippen LogP contribution in [0.3, 0.4) is 0 Å². The Kier molecular flexibility index (Phi) is 7.24. The number of hydrogen-bond acceptors (Lipinski definition) is 5. The number of nitrogens with zero attached hydrogens (tertiary/aromatic N) is 1. The molecular weight excluding hydrogens is 381 g/mol. The van der Waals surface area contributed by atoms with E-state index >= 15 is 0 Å². The zero-order valence-electron chi connectivity index (χ0n) is 15.2. The smallest absolute Gasteiger partial charge is 0.466 e. The molecular formula is C18H21F3N2O5. The summed E-state index contributed by atoms with van der Waals surface area (Å²) in [5.41, 5.74) is 0.735. The fraction of sp³-hybridized carbons (Fsp3) is 0.500. The number of halogens is 3. The van der Waals surface area contributed by atoms with E-state index in [0.29, 0.717) is 0 Å². The van der Waals surface area contributed by atoms with Gasteiger partial charge < -0.3 is 19.7 Å². The lowest BCUT2D eigenvalue weighted by atomic mass is 10.1. The molecule has 7 nitrogen and oxygen atoms in total. The third-order valence-electron chi connectivity index (χ3n) is 4.24. The first kappa shape index (κ1) is 21.5. The number of hydrogen-bond donors (Lipinski definition) is 1. The molecule has 28 heavy (non-hydrogen) atoms. The van der Waals surface area contributed by atoms with Gasteiger partial charge in [-0.15, -0.1) is 0 Å². The van der Waals surface area contributed by atoms with Gasteiger partial charge in [0.1, 0.15) is 6.61 Å². The molecule has 10 heteroatoms. The van der Waals surface area contributed by atoms with Crippen molar-refractivity contribution < 1.29 is 37.0 Å². The first-order valence-corrected chi connectivity index (χ1v) is 8.73. The van der Waals surface area contributed by atoms with Crippen LogP contribution < -0.4 is 5.32 Å². The van der Waals surface area contributed by atoms with Crippen molar-refractivity contribution in [2.45, 2.75) is 44.6 Å².